The van der Waals surface area contributed by atoms with Crippen LogP contribution in [0.4, 0.5) is 0 Å². The van der Waals surface area contributed by atoms with Crippen LogP contribution in [0.1, 0.15) is 26.2 Å². The van der Waals surface area contributed by atoms with Crippen LogP contribution in [0.5, 0.6) is 0 Å². The molecule has 0 bridgehead atoms. The molecule has 2 aliphatic rings. The fourth-order valence-corrected chi connectivity index (χ4v) is 3.87. The van der Waals surface area contributed by atoms with Crippen molar-refractivity contribution in [3.05, 3.63) is 0 Å². The predicted octanol–water partition coefficient (Wildman–Crippen LogP) is 1.03. The van der Waals surface area contributed by atoms with Gasteiger partial charge in [0.1, 0.15) is 0 Å². The number of ether oxygens (including phenoxy) is 1. The van der Waals surface area contributed by atoms with E-state index in [0.717, 1.165) is 44.0 Å². The van der Waals surface area contributed by atoms with Gasteiger partial charge < -0.3 is 15.2 Å². The topological polar surface area (TPSA) is 58.6 Å². The smallest absolute Gasteiger partial charge is 0.223 e. The lowest BCUT2D eigenvalue weighted by Crippen LogP contribution is -2.45. The van der Waals surface area contributed by atoms with E-state index in [9.17, 15) is 9.90 Å². The second kappa shape index (κ2) is 6.26. The summed E-state index contributed by atoms with van der Waals surface area (Å²) in [6.45, 7) is 3.91. The van der Waals surface area contributed by atoms with E-state index < -0.39 is 5.60 Å². The summed E-state index contributed by atoms with van der Waals surface area (Å²) in [5.74, 6) is 2.24. The number of rotatable bonds is 4. The Morgan fingerprint density at radius 1 is 1.56 bits per heavy atom. The fraction of sp³-hybridized carbons (Fsp3) is 0.923. The average Bonchev–Trinajstić information content (AvgIpc) is 2.83. The van der Waals surface area contributed by atoms with Gasteiger partial charge in [0.05, 0.1) is 5.60 Å². The minimum absolute atomic E-state index is 0.0200. The van der Waals surface area contributed by atoms with Gasteiger partial charge in [0.2, 0.25) is 5.91 Å². The summed E-state index contributed by atoms with van der Waals surface area (Å²) in [6.07, 6.45) is 2.72. The molecule has 0 aromatic rings. The molecule has 0 radical (unpaired) electrons. The minimum Gasteiger partial charge on any atom is -0.387 e. The van der Waals surface area contributed by atoms with Gasteiger partial charge in [0.25, 0.3) is 0 Å². The van der Waals surface area contributed by atoms with Crippen LogP contribution in [0.15, 0.2) is 0 Å². The molecule has 2 rings (SSSR count). The van der Waals surface area contributed by atoms with Crippen molar-refractivity contribution in [2.24, 2.45) is 11.8 Å². The molecule has 2 N–H and O–H groups in total. The predicted molar refractivity (Wildman–Crippen MR) is 72.6 cm³/mol. The molecule has 0 aromatic carbocycles. The zero-order valence-electron chi connectivity index (χ0n) is 11.0. The molecule has 1 amide bonds. The summed E-state index contributed by atoms with van der Waals surface area (Å²) in [4.78, 5) is 12.1. The molecule has 2 heterocycles. The Labute approximate surface area is 113 Å². The monoisotopic (exact) mass is 273 g/mol. The first kappa shape index (κ1) is 14.2. The minimum atomic E-state index is -0.685. The van der Waals surface area contributed by atoms with E-state index in [1.807, 2.05) is 6.92 Å². The van der Waals surface area contributed by atoms with E-state index in [0.29, 0.717) is 12.5 Å². The van der Waals surface area contributed by atoms with E-state index in [4.69, 9.17) is 4.74 Å². The van der Waals surface area contributed by atoms with Gasteiger partial charge in [-0.1, -0.05) is 6.92 Å². The standard InChI is InChI=1S/C13H23NO3S/c1-10(11-2-5-17-6-3-11)12(15)14-8-13(16)4-7-18-9-13/h10-11,16H,2-9H2,1H3,(H,14,15)/t10-,13-/m1/s1. The number of hydrogen-bond donors (Lipinski definition) is 2. The molecule has 0 unspecified atom stereocenters. The third kappa shape index (κ3) is 3.62. The highest BCUT2D eigenvalue weighted by Gasteiger charge is 2.33. The van der Waals surface area contributed by atoms with E-state index in [-0.39, 0.29) is 11.8 Å². The molecule has 0 spiro atoms. The van der Waals surface area contributed by atoms with Crippen molar-refractivity contribution in [1.29, 1.82) is 0 Å². The summed E-state index contributed by atoms with van der Waals surface area (Å²) < 4.78 is 5.31. The number of carbonyl (C=O) groups is 1. The maximum Gasteiger partial charge on any atom is 0.223 e. The average molecular weight is 273 g/mol. The normalized spacial score (nSPS) is 31.2. The van der Waals surface area contributed by atoms with Crippen LogP contribution in [0.3, 0.4) is 0 Å². The van der Waals surface area contributed by atoms with Crippen molar-refractivity contribution in [1.82, 2.24) is 5.32 Å². The third-order valence-corrected chi connectivity index (χ3v) is 5.30. The summed E-state index contributed by atoms with van der Waals surface area (Å²) in [5, 5.41) is 13.1. The quantitative estimate of drug-likeness (QED) is 0.803. The number of aliphatic hydroxyl groups is 1. The van der Waals surface area contributed by atoms with Crippen LogP contribution in [0, 0.1) is 11.8 Å². The highest BCUT2D eigenvalue weighted by molar-refractivity contribution is 7.99. The van der Waals surface area contributed by atoms with Crippen LogP contribution in [-0.4, -0.2) is 47.9 Å². The van der Waals surface area contributed by atoms with Gasteiger partial charge in [-0.05, 0) is 30.9 Å². The van der Waals surface area contributed by atoms with Crippen LogP contribution in [0.2, 0.25) is 0 Å². The summed E-state index contributed by atoms with van der Waals surface area (Å²) in [6, 6.07) is 0. The van der Waals surface area contributed by atoms with Gasteiger partial charge >= 0.3 is 0 Å². The molecule has 2 saturated heterocycles. The molecule has 4 nitrogen and oxygen atoms in total. The first-order valence-electron chi connectivity index (χ1n) is 6.76. The zero-order chi connectivity index (χ0) is 13.0. The van der Waals surface area contributed by atoms with Crippen molar-refractivity contribution >= 4 is 17.7 Å². The van der Waals surface area contributed by atoms with Gasteiger partial charge in [-0.15, -0.1) is 0 Å². The molecule has 2 fully saturated rings. The maximum absolute atomic E-state index is 12.1. The second-order valence-corrected chi connectivity index (χ2v) is 6.59. The van der Waals surface area contributed by atoms with Gasteiger partial charge in [-0.25, -0.2) is 0 Å². The number of amides is 1. The molecule has 0 aliphatic carbocycles. The number of carbonyl (C=O) groups excluding carboxylic acids is 1. The number of hydrogen-bond acceptors (Lipinski definition) is 4. The van der Waals surface area contributed by atoms with Crippen molar-refractivity contribution < 1.29 is 14.6 Å². The maximum atomic E-state index is 12.1. The second-order valence-electron chi connectivity index (χ2n) is 5.48. The fourth-order valence-electron chi connectivity index (χ4n) is 2.58. The van der Waals surface area contributed by atoms with E-state index >= 15 is 0 Å². The van der Waals surface area contributed by atoms with Crippen LogP contribution >= 0.6 is 11.8 Å². The lowest BCUT2D eigenvalue weighted by molar-refractivity contribution is -0.128. The summed E-state index contributed by atoms with van der Waals surface area (Å²) in [7, 11) is 0. The van der Waals surface area contributed by atoms with E-state index in [2.05, 4.69) is 5.32 Å². The molecule has 5 heteroatoms. The highest BCUT2D eigenvalue weighted by Crippen LogP contribution is 2.28. The molecular weight excluding hydrogens is 250 g/mol. The SMILES string of the molecule is C[C@@H](C(=O)NC[C@]1(O)CCSC1)C1CCOCC1. The zero-order valence-corrected chi connectivity index (χ0v) is 11.8. The number of nitrogens with one attached hydrogen (secondary N) is 1. The molecule has 0 saturated carbocycles. The Kier molecular flexibility index (Phi) is 4.92. The van der Waals surface area contributed by atoms with Crippen LogP contribution in [-0.2, 0) is 9.53 Å². The highest BCUT2D eigenvalue weighted by atomic mass is 32.2. The van der Waals surface area contributed by atoms with Gasteiger partial charge in [0.15, 0.2) is 0 Å². The Balaban J connectivity index is 1.76. The Bertz CT molecular complexity index is 286. The molecule has 2 atom stereocenters. The molecular formula is C13H23NO3S. The van der Waals surface area contributed by atoms with Crippen LogP contribution in [0.25, 0.3) is 0 Å². The Morgan fingerprint density at radius 3 is 2.89 bits per heavy atom. The number of thioether (sulfide) groups is 1. The Morgan fingerprint density at radius 2 is 2.28 bits per heavy atom. The van der Waals surface area contributed by atoms with Crippen LogP contribution < -0.4 is 5.32 Å². The van der Waals surface area contributed by atoms with Crippen molar-refractivity contribution in [3.8, 4) is 0 Å². The molecule has 0 aromatic heterocycles. The van der Waals surface area contributed by atoms with Gasteiger partial charge in [0, 0.05) is 31.4 Å². The molecule has 2 aliphatic heterocycles. The van der Waals surface area contributed by atoms with Gasteiger partial charge in [-0.3, -0.25) is 4.79 Å². The lowest BCUT2D eigenvalue weighted by atomic mass is 9.86. The van der Waals surface area contributed by atoms with E-state index in [1.54, 1.807) is 11.8 Å². The first-order chi connectivity index (χ1) is 8.61. The summed E-state index contributed by atoms with van der Waals surface area (Å²) in [5.41, 5.74) is -0.685. The summed E-state index contributed by atoms with van der Waals surface area (Å²) >= 11 is 1.75. The largest absolute Gasteiger partial charge is 0.387 e. The van der Waals surface area contributed by atoms with Crippen molar-refractivity contribution in [3.63, 3.8) is 0 Å². The Hall–Kier alpha value is -0.260. The van der Waals surface area contributed by atoms with E-state index in [1.165, 1.54) is 0 Å². The third-order valence-electron chi connectivity index (χ3n) is 4.06. The first-order valence-corrected chi connectivity index (χ1v) is 7.92. The van der Waals surface area contributed by atoms with Gasteiger partial charge in [-0.2, -0.15) is 11.8 Å². The lowest BCUT2D eigenvalue weighted by Gasteiger charge is -2.28. The van der Waals surface area contributed by atoms with Crippen molar-refractivity contribution in [2.45, 2.75) is 31.8 Å². The molecule has 18 heavy (non-hydrogen) atoms. The molecule has 104 valence electrons. The van der Waals surface area contributed by atoms with Crippen molar-refractivity contribution in [2.75, 3.05) is 31.3 Å².